The van der Waals surface area contributed by atoms with Crippen molar-refractivity contribution in [1.82, 2.24) is 14.5 Å². The molecule has 1 N–H and O–H groups in total. The maximum absolute atomic E-state index is 4.37. The van der Waals surface area contributed by atoms with Crippen molar-refractivity contribution in [3.63, 3.8) is 0 Å². The van der Waals surface area contributed by atoms with Crippen LogP contribution >= 0.6 is 0 Å². The molecule has 0 radical (unpaired) electrons. The largest absolute Gasteiger partial charge is 0.354 e. The molecule has 0 amide bonds. The van der Waals surface area contributed by atoms with E-state index in [1.54, 1.807) is 0 Å². The SMILES string of the molecule is CC1(C)c2c(ccc3[nH]c4ccncc4c23)-n2c1cc1ccccc12. The first-order valence-corrected chi connectivity index (χ1v) is 8.66. The molecule has 120 valence electrons. The van der Waals surface area contributed by atoms with E-state index in [0.717, 1.165) is 5.52 Å². The van der Waals surface area contributed by atoms with Gasteiger partial charge in [-0.3, -0.25) is 4.98 Å². The first-order valence-electron chi connectivity index (χ1n) is 8.66. The molecule has 0 saturated heterocycles. The van der Waals surface area contributed by atoms with Gasteiger partial charge in [0, 0.05) is 50.7 Å². The summed E-state index contributed by atoms with van der Waals surface area (Å²) in [4.78, 5) is 7.92. The number of aromatic amines is 1. The molecular formula is C22H17N3. The van der Waals surface area contributed by atoms with Crippen molar-refractivity contribution in [2.24, 2.45) is 0 Å². The highest BCUT2D eigenvalue weighted by atomic mass is 15.0. The lowest BCUT2D eigenvalue weighted by Gasteiger charge is -2.20. The number of pyridine rings is 1. The fraction of sp³-hybridized carbons (Fsp3) is 0.136. The molecule has 1 aliphatic heterocycles. The van der Waals surface area contributed by atoms with Crippen molar-refractivity contribution in [2.75, 3.05) is 0 Å². The number of para-hydroxylation sites is 1. The van der Waals surface area contributed by atoms with Crippen LogP contribution < -0.4 is 0 Å². The lowest BCUT2D eigenvalue weighted by Crippen LogP contribution is -2.15. The van der Waals surface area contributed by atoms with Crippen molar-refractivity contribution in [1.29, 1.82) is 0 Å². The second-order valence-electron chi connectivity index (χ2n) is 7.48. The lowest BCUT2D eigenvalue weighted by atomic mass is 9.81. The Kier molecular flexibility index (Phi) is 2.18. The Morgan fingerprint density at radius 2 is 1.88 bits per heavy atom. The van der Waals surface area contributed by atoms with Gasteiger partial charge in [0.15, 0.2) is 0 Å². The lowest BCUT2D eigenvalue weighted by molar-refractivity contribution is 0.650. The topological polar surface area (TPSA) is 33.6 Å². The Labute approximate surface area is 144 Å². The van der Waals surface area contributed by atoms with Crippen LogP contribution in [0.2, 0.25) is 0 Å². The third kappa shape index (κ3) is 1.45. The van der Waals surface area contributed by atoms with Gasteiger partial charge >= 0.3 is 0 Å². The summed E-state index contributed by atoms with van der Waals surface area (Å²) < 4.78 is 2.43. The fourth-order valence-corrected chi connectivity index (χ4v) is 4.64. The summed E-state index contributed by atoms with van der Waals surface area (Å²) in [6, 6.07) is 17.5. The molecule has 6 rings (SSSR count). The van der Waals surface area contributed by atoms with Gasteiger partial charge in [-0.25, -0.2) is 0 Å². The maximum Gasteiger partial charge on any atom is 0.0531 e. The molecule has 25 heavy (non-hydrogen) atoms. The normalized spacial score (nSPS) is 15.1. The Hall–Kier alpha value is -3.07. The summed E-state index contributed by atoms with van der Waals surface area (Å²) in [5.41, 5.74) is 7.60. The molecule has 0 bridgehead atoms. The maximum atomic E-state index is 4.37. The average Bonchev–Trinajstić information content (AvgIpc) is 3.24. The summed E-state index contributed by atoms with van der Waals surface area (Å²) in [5, 5.41) is 3.81. The van der Waals surface area contributed by atoms with Crippen LogP contribution in [0.3, 0.4) is 0 Å². The van der Waals surface area contributed by atoms with Crippen molar-refractivity contribution < 1.29 is 0 Å². The second kappa shape index (κ2) is 4.12. The van der Waals surface area contributed by atoms with Gasteiger partial charge in [-0.15, -0.1) is 0 Å². The van der Waals surface area contributed by atoms with Crippen molar-refractivity contribution in [3.05, 3.63) is 72.2 Å². The Morgan fingerprint density at radius 1 is 1.00 bits per heavy atom. The van der Waals surface area contributed by atoms with Crippen LogP contribution in [0.15, 0.2) is 60.9 Å². The molecule has 0 saturated carbocycles. The molecule has 5 aromatic rings. The number of hydrogen-bond acceptors (Lipinski definition) is 1. The van der Waals surface area contributed by atoms with Crippen LogP contribution in [0.25, 0.3) is 38.4 Å². The molecule has 0 spiro atoms. The number of nitrogens with one attached hydrogen (secondary N) is 1. The predicted octanol–water partition coefficient (Wildman–Crippen LogP) is 5.30. The Bertz CT molecular complexity index is 1320. The fourth-order valence-electron chi connectivity index (χ4n) is 4.64. The molecule has 0 aliphatic carbocycles. The van der Waals surface area contributed by atoms with Crippen molar-refractivity contribution in [2.45, 2.75) is 19.3 Å². The quantitative estimate of drug-likeness (QED) is 0.412. The molecule has 3 nitrogen and oxygen atoms in total. The minimum absolute atomic E-state index is 0.0567. The first kappa shape index (κ1) is 13.2. The van der Waals surface area contributed by atoms with Crippen LogP contribution in [0.5, 0.6) is 0 Å². The third-order valence-corrected chi connectivity index (χ3v) is 5.76. The van der Waals surface area contributed by atoms with Gasteiger partial charge in [-0.2, -0.15) is 0 Å². The number of fused-ring (bicyclic) bond motifs is 9. The van der Waals surface area contributed by atoms with Gasteiger partial charge in [0.25, 0.3) is 0 Å². The molecule has 3 aromatic heterocycles. The van der Waals surface area contributed by atoms with Gasteiger partial charge < -0.3 is 9.55 Å². The van der Waals surface area contributed by atoms with E-state index >= 15 is 0 Å². The zero-order valence-electron chi connectivity index (χ0n) is 14.2. The number of nitrogens with zero attached hydrogens (tertiary/aromatic N) is 2. The highest BCUT2D eigenvalue weighted by molar-refractivity contribution is 6.11. The smallest absolute Gasteiger partial charge is 0.0531 e. The van der Waals surface area contributed by atoms with Crippen LogP contribution in [0, 0.1) is 0 Å². The molecule has 0 fully saturated rings. The van der Waals surface area contributed by atoms with Crippen LogP contribution in [0.4, 0.5) is 0 Å². The minimum Gasteiger partial charge on any atom is -0.354 e. The Morgan fingerprint density at radius 3 is 2.80 bits per heavy atom. The van der Waals surface area contributed by atoms with E-state index in [2.05, 4.69) is 76.9 Å². The second-order valence-corrected chi connectivity index (χ2v) is 7.48. The molecular weight excluding hydrogens is 306 g/mol. The number of hydrogen-bond donors (Lipinski definition) is 1. The molecule has 3 heteroatoms. The molecule has 0 atom stereocenters. The molecule has 4 heterocycles. The third-order valence-electron chi connectivity index (χ3n) is 5.76. The van der Waals surface area contributed by atoms with Gasteiger partial charge in [0.2, 0.25) is 0 Å². The van der Waals surface area contributed by atoms with E-state index in [1.807, 2.05) is 12.4 Å². The number of H-pyrrole nitrogens is 1. The predicted molar refractivity (Wildman–Crippen MR) is 103 cm³/mol. The van der Waals surface area contributed by atoms with E-state index in [4.69, 9.17) is 0 Å². The monoisotopic (exact) mass is 323 g/mol. The van der Waals surface area contributed by atoms with E-state index in [0.29, 0.717) is 0 Å². The van der Waals surface area contributed by atoms with Crippen LogP contribution in [0.1, 0.15) is 25.1 Å². The molecule has 2 aromatic carbocycles. The summed E-state index contributed by atoms with van der Waals surface area (Å²) in [7, 11) is 0. The average molecular weight is 323 g/mol. The number of aromatic nitrogens is 3. The Balaban J connectivity index is 1.85. The van der Waals surface area contributed by atoms with E-state index < -0.39 is 0 Å². The van der Waals surface area contributed by atoms with Crippen LogP contribution in [-0.2, 0) is 5.41 Å². The molecule has 0 unspecified atom stereocenters. The minimum atomic E-state index is -0.0567. The highest BCUT2D eigenvalue weighted by Crippen LogP contribution is 2.49. The van der Waals surface area contributed by atoms with Crippen molar-refractivity contribution >= 4 is 32.7 Å². The van der Waals surface area contributed by atoms with E-state index in [9.17, 15) is 0 Å². The summed E-state index contributed by atoms with van der Waals surface area (Å²) >= 11 is 0. The van der Waals surface area contributed by atoms with E-state index in [-0.39, 0.29) is 5.41 Å². The number of rotatable bonds is 0. The van der Waals surface area contributed by atoms with Gasteiger partial charge in [0.05, 0.1) is 11.2 Å². The van der Waals surface area contributed by atoms with E-state index in [1.165, 1.54) is 44.1 Å². The standard InChI is InChI=1S/C22H17N3/c1-22(2)19-11-13-5-3-4-6-17(13)25(19)18-8-7-16-20(21(18)22)14-12-23-10-9-15(14)24-16/h3-12,24H,1-2H3. The first-order chi connectivity index (χ1) is 12.2. The van der Waals surface area contributed by atoms with Crippen molar-refractivity contribution in [3.8, 4) is 5.69 Å². The summed E-state index contributed by atoms with van der Waals surface area (Å²) in [5.74, 6) is 0. The summed E-state index contributed by atoms with van der Waals surface area (Å²) in [6.07, 6.45) is 3.83. The summed E-state index contributed by atoms with van der Waals surface area (Å²) in [6.45, 7) is 4.66. The molecule has 1 aliphatic rings. The zero-order chi connectivity index (χ0) is 16.8. The van der Waals surface area contributed by atoms with Gasteiger partial charge in [-0.1, -0.05) is 32.0 Å². The highest BCUT2D eigenvalue weighted by Gasteiger charge is 2.39. The van der Waals surface area contributed by atoms with Gasteiger partial charge in [0.1, 0.15) is 0 Å². The van der Waals surface area contributed by atoms with Gasteiger partial charge in [-0.05, 0) is 35.9 Å². The van der Waals surface area contributed by atoms with Crippen LogP contribution in [-0.4, -0.2) is 14.5 Å². The number of benzene rings is 2. The zero-order valence-corrected chi connectivity index (χ0v) is 14.2.